The van der Waals surface area contributed by atoms with E-state index >= 15 is 0 Å². The molecule has 0 saturated carbocycles. The van der Waals surface area contributed by atoms with Crippen LogP contribution in [0.15, 0.2) is 156 Å². The van der Waals surface area contributed by atoms with Gasteiger partial charge in [-0.05, 0) is 81.8 Å². The first kappa shape index (κ1) is 37.2. The molecule has 0 aliphatic heterocycles. The number of aromatic nitrogens is 6. The fourth-order valence-electron chi connectivity index (χ4n) is 8.17. The van der Waals surface area contributed by atoms with Gasteiger partial charge in [-0.15, -0.1) is 5.10 Å². The van der Waals surface area contributed by atoms with E-state index in [9.17, 15) is 5.11 Å². The molecule has 0 fully saturated rings. The molecule has 10 aromatic rings. The van der Waals surface area contributed by atoms with Crippen molar-refractivity contribution in [2.24, 2.45) is 0 Å². The molecule has 0 aliphatic rings. The quantitative estimate of drug-likeness (QED) is 0.161. The Morgan fingerprint density at radius 2 is 1.40 bits per heavy atom. The lowest BCUT2D eigenvalue weighted by Gasteiger charge is -2.22. The van der Waals surface area contributed by atoms with E-state index in [4.69, 9.17) is 14.4 Å². The monoisotopic (exact) mass is 800 g/mol. The summed E-state index contributed by atoms with van der Waals surface area (Å²) >= 11 is 0. The summed E-state index contributed by atoms with van der Waals surface area (Å²) in [4.78, 5) is 10.4. The predicted molar refractivity (Wildman–Crippen MR) is 246 cm³/mol. The standard InChI is InChI=1S/C51H44N6O2Si/c1-51(2,3)37-27-35(26-36(28-37)41-29-34(24-25-52-41)32-14-9-7-10-15-32)39-18-13-19-43-47(39)54-49(46-45(58)23-22-44-48(46)59-50-55-53-31-56(44)50)57(43)42-21-20-38(60(4,5)6)30-40(42)33-16-11-8-12-17-33/h7-31,58H,1-6H3. The number of hydrogen-bond acceptors (Lipinski definition) is 6. The largest absolute Gasteiger partial charge is 0.507 e. The van der Waals surface area contributed by atoms with E-state index in [0.717, 1.165) is 66.9 Å². The smallest absolute Gasteiger partial charge is 0.327 e. The number of para-hydroxylation sites is 1. The Bertz CT molecular complexity index is 3240. The topological polar surface area (TPSA) is 94.3 Å². The molecule has 294 valence electrons. The molecule has 0 radical (unpaired) electrons. The first-order valence-corrected chi connectivity index (χ1v) is 23.8. The number of rotatable bonds is 7. The van der Waals surface area contributed by atoms with Crippen LogP contribution in [0.2, 0.25) is 19.6 Å². The highest BCUT2D eigenvalue weighted by Gasteiger charge is 2.28. The predicted octanol–water partition coefficient (Wildman–Crippen LogP) is 12.1. The van der Waals surface area contributed by atoms with Gasteiger partial charge in [-0.25, -0.2) is 9.38 Å². The second-order valence-corrected chi connectivity index (χ2v) is 22.6. The zero-order valence-corrected chi connectivity index (χ0v) is 35.5. The zero-order chi connectivity index (χ0) is 41.3. The van der Waals surface area contributed by atoms with E-state index in [2.05, 4.69) is 170 Å². The molecule has 0 amide bonds. The van der Waals surface area contributed by atoms with Crippen LogP contribution in [-0.4, -0.2) is 42.3 Å². The molecule has 4 heterocycles. The molecule has 0 spiro atoms. The van der Waals surface area contributed by atoms with Crippen molar-refractivity contribution in [3.63, 3.8) is 0 Å². The summed E-state index contributed by atoms with van der Waals surface area (Å²) in [6.07, 6.45) is 3.51. The first-order valence-electron chi connectivity index (χ1n) is 20.3. The van der Waals surface area contributed by atoms with Crippen molar-refractivity contribution in [3.8, 4) is 67.5 Å². The lowest BCUT2D eigenvalue weighted by atomic mass is 9.83. The number of nitrogens with zero attached hydrogens (tertiary/aromatic N) is 6. The van der Waals surface area contributed by atoms with Crippen LogP contribution in [0.25, 0.3) is 89.7 Å². The van der Waals surface area contributed by atoms with E-state index in [1.165, 1.54) is 10.8 Å². The number of oxazole rings is 1. The molecule has 10 rings (SSSR count). The molecular formula is C51H44N6O2Si. The number of phenolic OH excluding ortho intramolecular Hbond substituents is 1. The number of hydrogen-bond donors (Lipinski definition) is 1. The Balaban J connectivity index is 1.27. The number of fused-ring (bicyclic) bond motifs is 4. The molecule has 8 nitrogen and oxygen atoms in total. The van der Waals surface area contributed by atoms with Gasteiger partial charge >= 0.3 is 5.84 Å². The minimum absolute atomic E-state index is 0.0481. The Kier molecular flexibility index (Phi) is 8.69. The number of pyridine rings is 1. The highest BCUT2D eigenvalue weighted by Crippen LogP contribution is 2.44. The van der Waals surface area contributed by atoms with Gasteiger partial charge in [0.2, 0.25) is 0 Å². The minimum Gasteiger partial charge on any atom is -0.507 e. The molecular weight excluding hydrogens is 757 g/mol. The number of phenols is 1. The van der Waals surface area contributed by atoms with Crippen LogP contribution in [-0.2, 0) is 5.41 Å². The lowest BCUT2D eigenvalue weighted by molar-refractivity contribution is 0.476. The molecule has 9 heteroatoms. The maximum Gasteiger partial charge on any atom is 0.327 e. The third kappa shape index (κ3) is 6.38. The Labute approximate surface area is 349 Å². The van der Waals surface area contributed by atoms with Crippen molar-refractivity contribution in [1.82, 2.24) is 29.1 Å². The van der Waals surface area contributed by atoms with Crippen LogP contribution >= 0.6 is 0 Å². The van der Waals surface area contributed by atoms with Gasteiger partial charge in [0.05, 0.1) is 36.0 Å². The maximum atomic E-state index is 11.9. The first-order chi connectivity index (χ1) is 28.9. The summed E-state index contributed by atoms with van der Waals surface area (Å²) < 4.78 is 10.3. The molecule has 60 heavy (non-hydrogen) atoms. The Morgan fingerprint density at radius 1 is 0.650 bits per heavy atom. The summed E-state index contributed by atoms with van der Waals surface area (Å²) in [5, 5.41) is 21.5. The van der Waals surface area contributed by atoms with Gasteiger partial charge in [-0.1, -0.05) is 142 Å². The van der Waals surface area contributed by atoms with Crippen LogP contribution in [0.4, 0.5) is 0 Å². The van der Waals surface area contributed by atoms with Crippen molar-refractivity contribution in [2.45, 2.75) is 45.8 Å². The third-order valence-corrected chi connectivity index (χ3v) is 13.5. The highest BCUT2D eigenvalue weighted by molar-refractivity contribution is 6.88. The number of aromatic hydroxyl groups is 1. The van der Waals surface area contributed by atoms with Crippen LogP contribution in [0.3, 0.4) is 0 Å². The molecule has 6 aromatic carbocycles. The van der Waals surface area contributed by atoms with Gasteiger partial charge in [0.1, 0.15) is 17.6 Å². The molecule has 4 aromatic heterocycles. The molecule has 0 atom stereocenters. The average Bonchev–Trinajstić information content (AvgIpc) is 3.97. The summed E-state index contributed by atoms with van der Waals surface area (Å²) in [7, 11) is -1.72. The van der Waals surface area contributed by atoms with Crippen molar-refractivity contribution in [3.05, 3.63) is 158 Å². The van der Waals surface area contributed by atoms with Crippen molar-refractivity contribution < 1.29 is 9.52 Å². The van der Waals surface area contributed by atoms with Crippen LogP contribution < -0.4 is 5.19 Å². The fourth-order valence-corrected chi connectivity index (χ4v) is 9.33. The summed E-state index contributed by atoms with van der Waals surface area (Å²) in [6.45, 7) is 13.8. The number of benzene rings is 6. The van der Waals surface area contributed by atoms with Gasteiger partial charge in [0, 0.05) is 22.9 Å². The summed E-state index contributed by atoms with van der Waals surface area (Å²) in [5.74, 6) is 0.931. The van der Waals surface area contributed by atoms with Gasteiger partial charge in [-0.3, -0.25) is 9.55 Å². The van der Waals surface area contributed by atoms with E-state index in [1.807, 2.05) is 24.4 Å². The van der Waals surface area contributed by atoms with E-state index < -0.39 is 8.07 Å². The number of imidazole rings is 1. The zero-order valence-electron chi connectivity index (χ0n) is 34.5. The van der Waals surface area contributed by atoms with Crippen molar-refractivity contribution >= 4 is 41.2 Å². The van der Waals surface area contributed by atoms with E-state index in [-0.39, 0.29) is 11.2 Å². The molecule has 0 saturated heterocycles. The summed E-state index contributed by atoms with van der Waals surface area (Å²) in [6, 6.07) is 48.6. The van der Waals surface area contributed by atoms with Crippen molar-refractivity contribution in [2.75, 3.05) is 0 Å². The average molecular weight is 801 g/mol. The second kappa shape index (κ2) is 14.0. The normalized spacial score (nSPS) is 12.2. The van der Waals surface area contributed by atoms with Gasteiger partial charge < -0.3 is 9.52 Å². The van der Waals surface area contributed by atoms with E-state index in [0.29, 0.717) is 22.8 Å². The molecule has 1 N–H and O–H groups in total. The lowest BCUT2D eigenvalue weighted by Crippen LogP contribution is -2.37. The van der Waals surface area contributed by atoms with Crippen LogP contribution in [0.1, 0.15) is 26.3 Å². The second-order valence-electron chi connectivity index (χ2n) is 17.5. The molecule has 0 bridgehead atoms. The van der Waals surface area contributed by atoms with Crippen molar-refractivity contribution in [1.29, 1.82) is 0 Å². The van der Waals surface area contributed by atoms with Gasteiger partial charge in [-0.2, -0.15) is 0 Å². The maximum absolute atomic E-state index is 11.9. The fraction of sp³-hybridized carbons (Fsp3) is 0.137. The van der Waals surface area contributed by atoms with Gasteiger partial charge in [0.25, 0.3) is 0 Å². The Morgan fingerprint density at radius 3 is 2.15 bits per heavy atom. The molecule has 0 aliphatic carbocycles. The highest BCUT2D eigenvalue weighted by atomic mass is 28.3. The van der Waals surface area contributed by atoms with Crippen LogP contribution in [0, 0.1) is 0 Å². The Hall–Kier alpha value is -7.10. The minimum atomic E-state index is -1.72. The summed E-state index contributed by atoms with van der Waals surface area (Å²) in [5.41, 5.74) is 13.6. The van der Waals surface area contributed by atoms with E-state index in [1.54, 1.807) is 16.8 Å². The van der Waals surface area contributed by atoms with Gasteiger partial charge in [0.15, 0.2) is 11.4 Å². The SMILES string of the molecule is CC(C)(C)c1cc(-c2cc(-c3ccccc3)ccn2)cc(-c2cccc3c2nc(-c2c(O)ccc4c2oc2nncn24)n3-c2ccc([Si](C)(C)C)cc2-c2ccccc2)c1. The molecule has 0 unspecified atom stereocenters. The third-order valence-electron chi connectivity index (χ3n) is 11.5. The van der Waals surface area contributed by atoms with Crippen LogP contribution in [0.5, 0.6) is 5.75 Å².